The third kappa shape index (κ3) is 15.4. The summed E-state index contributed by atoms with van der Waals surface area (Å²) in [6.07, 6.45) is -70.8. The lowest BCUT2D eigenvalue weighted by molar-refractivity contribution is -0.395. The number of rotatable bonds is 5. The zero-order chi connectivity index (χ0) is 66.1. The standard InChI is InChI=1S/C53H80N2O35S2/c56-8-17-38-24(61)31(68)45(77-17)85-39-19(10-58)81-49(35(72)28(39)65)90-44-23-14-92-53(76)55-7-16-3-1-15(2-4-16)5-6-54-52(75)91-13-22-43(29(66)36(73)50(82-22)87-41-20(11-59)78-46(84-38)32(69)25(41)62)89-48-34(71)27(64)40(18(9-57)80-48)86-47-33(70)26(63)42(21(12-60)79-47)88-51(83-23)37(74)30(44)67/h1-4,17-51,56-74H,5-14H2,(H,54,75)(H,55,76)/t17?,18?,19?,20?,21?,22?,23?,24?,25?,26?,27?,28?,29?,30?,31?,32?,33?,34?,35?,36?,37?,38-,39-,40-,41-,42-,43-,44-,45-,46-,47-,48-,49-,50-,51-/m1/s1. The third-order valence-electron chi connectivity index (χ3n) is 17.3. The van der Waals surface area contributed by atoms with Crippen LogP contribution in [-0.4, -0.2) is 374 Å². The summed E-state index contributed by atoms with van der Waals surface area (Å²) in [6, 6.07) is 6.81. The van der Waals surface area contributed by atoms with Crippen LogP contribution in [0.15, 0.2) is 24.3 Å². The Labute approximate surface area is 530 Å². The van der Waals surface area contributed by atoms with E-state index in [1.807, 2.05) is 0 Å². The van der Waals surface area contributed by atoms with Gasteiger partial charge in [0.25, 0.3) is 10.5 Å². The van der Waals surface area contributed by atoms with Crippen LogP contribution in [0.3, 0.4) is 0 Å². The van der Waals surface area contributed by atoms with Crippen molar-refractivity contribution in [3.8, 4) is 0 Å². The molecule has 18 bridgehead atoms. The quantitative estimate of drug-likeness (QED) is 0.130. The Balaban J connectivity index is 1.02. The average Bonchev–Trinajstić information content (AvgIpc) is 0.823. The minimum atomic E-state index is -2.25. The van der Waals surface area contributed by atoms with E-state index < -0.39 is 270 Å². The highest BCUT2D eigenvalue weighted by Crippen LogP contribution is 2.40. The van der Waals surface area contributed by atoms with E-state index in [4.69, 9.17) is 66.3 Å². The van der Waals surface area contributed by atoms with E-state index >= 15 is 0 Å². The Kier molecular flexibility index (Phi) is 24.8. The first-order valence-corrected chi connectivity index (χ1v) is 31.6. The molecular formula is C53H80N2O35S2. The first-order valence-electron chi connectivity index (χ1n) is 29.6. The molecule has 35 atom stereocenters. The Morgan fingerprint density at radius 3 is 0.837 bits per heavy atom. The molecule has 1 aromatic rings. The van der Waals surface area contributed by atoms with Crippen LogP contribution in [0.1, 0.15) is 11.1 Å². The van der Waals surface area contributed by atoms with Gasteiger partial charge in [-0.25, -0.2) is 0 Å². The van der Waals surface area contributed by atoms with E-state index in [-0.39, 0.29) is 19.5 Å². The maximum absolute atomic E-state index is 13.5. The van der Waals surface area contributed by atoms with Crippen molar-refractivity contribution >= 4 is 34.0 Å². The Morgan fingerprint density at radius 2 is 0.554 bits per heavy atom. The van der Waals surface area contributed by atoms with E-state index in [1.165, 1.54) is 0 Å². The van der Waals surface area contributed by atoms with Crippen LogP contribution in [-0.2, 0) is 79.3 Å². The van der Waals surface area contributed by atoms with Crippen LogP contribution in [0, 0.1) is 0 Å². The van der Waals surface area contributed by atoms with Gasteiger partial charge in [0.05, 0.1) is 45.2 Å². The van der Waals surface area contributed by atoms with E-state index in [1.54, 1.807) is 24.3 Å². The summed E-state index contributed by atoms with van der Waals surface area (Å²) in [5, 5.41) is 220. The van der Waals surface area contributed by atoms with Crippen molar-refractivity contribution in [2.24, 2.45) is 0 Å². The molecule has 20 rings (SSSR count). The van der Waals surface area contributed by atoms with E-state index in [0.717, 1.165) is 5.56 Å². The molecule has 19 aliphatic rings. The van der Waals surface area contributed by atoms with Crippen molar-refractivity contribution in [1.82, 2.24) is 10.6 Å². The van der Waals surface area contributed by atoms with Gasteiger partial charge in [-0.3, -0.25) is 9.59 Å². The lowest BCUT2D eigenvalue weighted by Crippen LogP contribution is -2.68. The number of hydrogen-bond donors (Lipinski definition) is 21. The van der Waals surface area contributed by atoms with E-state index in [0.29, 0.717) is 29.1 Å². The summed E-state index contributed by atoms with van der Waals surface area (Å²) in [5.41, 5.74) is 1.33. The topological polar surface area (TPSA) is 572 Å². The molecule has 524 valence electrons. The van der Waals surface area contributed by atoms with Gasteiger partial charge in [0, 0.05) is 24.6 Å². The van der Waals surface area contributed by atoms with Gasteiger partial charge in [0.15, 0.2) is 44.0 Å². The molecule has 0 aromatic heterocycles. The summed E-state index contributed by atoms with van der Waals surface area (Å²) in [5.74, 6) is -0.987. The molecule has 19 heterocycles. The van der Waals surface area contributed by atoms with Crippen LogP contribution in [0.4, 0.5) is 9.59 Å². The van der Waals surface area contributed by atoms with E-state index in [9.17, 15) is 107 Å². The highest BCUT2D eigenvalue weighted by Gasteiger charge is 2.60. The zero-order valence-corrected chi connectivity index (χ0v) is 50.1. The summed E-state index contributed by atoms with van der Waals surface area (Å²) < 4.78 is 82.7. The van der Waals surface area contributed by atoms with Crippen LogP contribution in [0.2, 0.25) is 0 Å². The Bertz CT molecular complexity index is 2520. The largest absolute Gasteiger partial charge is 0.394 e. The molecule has 1 aromatic carbocycles. The number of hydrogen-bond acceptors (Lipinski definition) is 37. The smallest absolute Gasteiger partial charge is 0.279 e. The number of carbonyl (C=O) groups is 2. The number of ether oxygens (including phenoxy) is 14. The minimum absolute atomic E-state index is 0.0463. The fourth-order valence-corrected chi connectivity index (χ4v) is 13.7. The normalized spacial score (nSPS) is 49.8. The molecule has 0 aliphatic carbocycles. The molecule has 21 unspecified atom stereocenters. The summed E-state index contributed by atoms with van der Waals surface area (Å²) >= 11 is 1.12. The molecule has 0 saturated carbocycles. The Morgan fingerprint density at radius 1 is 0.315 bits per heavy atom. The number of benzene rings is 1. The molecule has 0 spiro atoms. The van der Waals surface area contributed by atoms with Gasteiger partial charge in [-0.1, -0.05) is 47.8 Å². The number of carbonyl (C=O) groups excluding carboxylic acids is 2. The number of aliphatic hydroxyl groups excluding tert-OH is 19. The molecule has 2 amide bonds. The number of thioether (sulfide) groups is 2. The van der Waals surface area contributed by atoms with Gasteiger partial charge in [-0.2, -0.15) is 0 Å². The maximum atomic E-state index is 13.5. The fourth-order valence-electron chi connectivity index (χ4n) is 12.1. The van der Waals surface area contributed by atoms with Crippen LogP contribution in [0.25, 0.3) is 0 Å². The Hall–Kier alpha value is -2.46. The predicted octanol–water partition coefficient (Wildman–Crippen LogP) is -11.6. The molecule has 15 saturated heterocycles. The molecule has 37 nitrogen and oxygen atoms in total. The number of fused-ring (bicyclic) bond motifs is 6. The zero-order valence-electron chi connectivity index (χ0n) is 48.4. The highest BCUT2D eigenvalue weighted by atomic mass is 32.2. The van der Waals surface area contributed by atoms with Gasteiger partial charge in [0.1, 0.15) is 159 Å². The van der Waals surface area contributed by atoms with E-state index in [2.05, 4.69) is 10.6 Å². The second-order valence-corrected chi connectivity index (χ2v) is 25.3. The van der Waals surface area contributed by atoms with Crippen molar-refractivity contribution in [3.63, 3.8) is 0 Å². The van der Waals surface area contributed by atoms with Gasteiger partial charge < -0.3 is 174 Å². The van der Waals surface area contributed by atoms with Crippen molar-refractivity contribution in [3.05, 3.63) is 35.4 Å². The lowest BCUT2D eigenvalue weighted by atomic mass is 9.95. The molecule has 0 radical (unpaired) electrons. The van der Waals surface area contributed by atoms with Crippen LogP contribution in [0.5, 0.6) is 0 Å². The summed E-state index contributed by atoms with van der Waals surface area (Å²) in [4.78, 5) is 27.0. The van der Waals surface area contributed by atoms with Crippen LogP contribution >= 0.6 is 23.5 Å². The monoisotopic (exact) mass is 1370 g/mol. The number of amides is 2. The summed E-state index contributed by atoms with van der Waals surface area (Å²) in [7, 11) is 0. The summed E-state index contributed by atoms with van der Waals surface area (Å²) in [6.45, 7) is -5.33. The number of aliphatic hydroxyl groups is 19. The highest BCUT2D eigenvalue weighted by molar-refractivity contribution is 8.13. The number of nitrogens with one attached hydrogen (secondary N) is 2. The van der Waals surface area contributed by atoms with Crippen LogP contribution < -0.4 is 10.6 Å². The van der Waals surface area contributed by atoms with Gasteiger partial charge in [0.2, 0.25) is 0 Å². The lowest BCUT2D eigenvalue weighted by Gasteiger charge is -2.50. The van der Waals surface area contributed by atoms with Crippen molar-refractivity contribution in [1.29, 1.82) is 0 Å². The third-order valence-corrected chi connectivity index (χ3v) is 19.1. The molecule has 15 fully saturated rings. The molecule has 39 heteroatoms. The molecule has 21 N–H and O–H groups in total. The maximum Gasteiger partial charge on any atom is 0.279 e. The molecular weight excluding hydrogens is 1290 g/mol. The minimum Gasteiger partial charge on any atom is -0.394 e. The van der Waals surface area contributed by atoms with Gasteiger partial charge in [-0.15, -0.1) is 0 Å². The van der Waals surface area contributed by atoms with Crippen molar-refractivity contribution in [2.45, 2.75) is 228 Å². The molecule has 92 heavy (non-hydrogen) atoms. The second kappa shape index (κ2) is 31.6. The van der Waals surface area contributed by atoms with Gasteiger partial charge in [-0.05, 0) is 17.5 Å². The van der Waals surface area contributed by atoms with Crippen molar-refractivity contribution in [2.75, 3.05) is 51.1 Å². The fraction of sp³-hybridized carbons (Fsp3) is 0.849. The van der Waals surface area contributed by atoms with Crippen molar-refractivity contribution < 1.29 is 173 Å². The second-order valence-electron chi connectivity index (χ2n) is 23.3. The molecule has 19 aliphatic heterocycles. The predicted molar refractivity (Wildman–Crippen MR) is 295 cm³/mol. The average molecular weight is 1370 g/mol. The SMILES string of the molecule is O=C1NCc2ccc(cc2)CCNC(=O)SCC2O[C@@H]3O[C@@H]4C(CO)O[C@H](O[C@@H]5C(CO)O[C@H](O[C@@H]6C(CO)O[C@H](O[C@@H]7C(CS1)O[C@H](O[C@@H]1C(CO)O[C@H](O[C@@H]8C(CO)O[C@H](O[C@H]2C(O)C3O)C(O)C8O)C(O)C1O)C(O)C7O)C(O)C6O)C(O)C5O)C(O)C4O. The first-order chi connectivity index (χ1) is 44.0. The van der Waals surface area contributed by atoms with Gasteiger partial charge >= 0.3 is 0 Å². The first kappa shape index (κ1) is 72.3.